The zero-order valence-corrected chi connectivity index (χ0v) is 15.3. The molecule has 2 aliphatic rings. The molecule has 23 heavy (non-hydrogen) atoms. The van der Waals surface area contributed by atoms with Gasteiger partial charge < -0.3 is 13.9 Å². The first kappa shape index (κ1) is 15.3. The Hall–Kier alpha value is -1.20. The molecular weight excluding hydrogens is 304 g/mol. The molecule has 3 atom stereocenters. The smallest absolute Gasteiger partial charge is 0.282 e. The van der Waals surface area contributed by atoms with Crippen molar-refractivity contribution in [3.05, 3.63) is 48.0 Å². The molecule has 0 saturated carbocycles. The molecule has 4 rings (SSSR count). The number of ether oxygens (including phenoxy) is 2. The number of hydrogen-bond donors (Lipinski definition) is 0. The largest absolute Gasteiger partial charge is 0.369 e. The first-order chi connectivity index (χ1) is 10.8. The molecule has 2 saturated heterocycles. The van der Waals surface area contributed by atoms with Crippen LogP contribution < -0.4 is 0 Å². The maximum absolute atomic E-state index is 6.32. The highest BCUT2D eigenvalue weighted by molar-refractivity contribution is 6.69. The third kappa shape index (κ3) is 2.28. The summed E-state index contributed by atoms with van der Waals surface area (Å²) in [5.41, 5.74) is 1.10. The second kappa shape index (κ2) is 4.90. The SMILES string of the molecule is C[C@]12CCO[C@@]1(O[Si](C)(C)C)O[C@@H]2c1ccc2ccccc2c1. The number of fused-ring (bicyclic) bond motifs is 2. The van der Waals surface area contributed by atoms with Crippen molar-refractivity contribution in [2.75, 3.05) is 6.61 Å². The zero-order valence-electron chi connectivity index (χ0n) is 14.3. The van der Waals surface area contributed by atoms with Gasteiger partial charge in [-0.1, -0.05) is 36.4 Å². The van der Waals surface area contributed by atoms with Crippen molar-refractivity contribution in [3.63, 3.8) is 0 Å². The summed E-state index contributed by atoms with van der Waals surface area (Å²) in [6.45, 7) is 9.47. The fraction of sp³-hybridized carbons (Fsp3) is 0.474. The van der Waals surface area contributed by atoms with Crippen molar-refractivity contribution in [3.8, 4) is 0 Å². The summed E-state index contributed by atoms with van der Waals surface area (Å²) in [7, 11) is -1.76. The molecule has 2 aromatic rings. The molecule has 0 unspecified atom stereocenters. The van der Waals surface area contributed by atoms with Crippen LogP contribution in [0.15, 0.2) is 42.5 Å². The molecule has 3 nitrogen and oxygen atoms in total. The highest BCUT2D eigenvalue weighted by atomic mass is 28.4. The van der Waals surface area contributed by atoms with Crippen LogP contribution in [0.4, 0.5) is 0 Å². The third-order valence-corrected chi connectivity index (χ3v) is 5.86. The fourth-order valence-electron chi connectivity index (χ4n) is 3.78. The van der Waals surface area contributed by atoms with Crippen molar-refractivity contribution < 1.29 is 13.9 Å². The van der Waals surface area contributed by atoms with E-state index < -0.39 is 14.3 Å². The van der Waals surface area contributed by atoms with Crippen LogP contribution >= 0.6 is 0 Å². The van der Waals surface area contributed by atoms with E-state index >= 15 is 0 Å². The van der Waals surface area contributed by atoms with Gasteiger partial charge in [-0.2, -0.15) is 0 Å². The van der Waals surface area contributed by atoms with Crippen LogP contribution in [0.25, 0.3) is 10.8 Å². The first-order valence-electron chi connectivity index (χ1n) is 8.34. The molecular formula is C19H24O3Si. The van der Waals surface area contributed by atoms with Gasteiger partial charge in [0.25, 0.3) is 5.97 Å². The van der Waals surface area contributed by atoms with E-state index in [2.05, 4.69) is 69.0 Å². The molecule has 0 spiro atoms. The van der Waals surface area contributed by atoms with Gasteiger partial charge in [0.05, 0.1) is 12.0 Å². The van der Waals surface area contributed by atoms with E-state index in [1.807, 2.05) is 0 Å². The predicted molar refractivity (Wildman–Crippen MR) is 93.6 cm³/mol. The molecule has 0 amide bonds. The summed E-state index contributed by atoms with van der Waals surface area (Å²) in [5.74, 6) is -0.840. The van der Waals surface area contributed by atoms with Crippen LogP contribution in [-0.2, 0) is 13.9 Å². The number of hydrogen-bond acceptors (Lipinski definition) is 3. The van der Waals surface area contributed by atoms with Gasteiger partial charge >= 0.3 is 0 Å². The Kier molecular flexibility index (Phi) is 3.26. The van der Waals surface area contributed by atoms with E-state index in [1.54, 1.807) is 0 Å². The van der Waals surface area contributed by atoms with Crippen LogP contribution in [0.3, 0.4) is 0 Å². The molecule has 0 aliphatic carbocycles. The monoisotopic (exact) mass is 328 g/mol. The molecule has 4 heteroatoms. The second-order valence-electron chi connectivity index (χ2n) is 7.89. The Bertz CT molecular complexity index is 754. The summed E-state index contributed by atoms with van der Waals surface area (Å²) in [6, 6.07) is 15.0. The normalized spacial score (nSPS) is 33.5. The van der Waals surface area contributed by atoms with Gasteiger partial charge in [-0.05, 0) is 55.4 Å². The average Bonchev–Trinajstić information content (AvgIpc) is 2.71. The van der Waals surface area contributed by atoms with Gasteiger partial charge in [0.2, 0.25) is 0 Å². The maximum atomic E-state index is 6.32. The lowest BCUT2D eigenvalue weighted by molar-refractivity contribution is -0.479. The van der Waals surface area contributed by atoms with Gasteiger partial charge in [0, 0.05) is 0 Å². The van der Waals surface area contributed by atoms with Gasteiger partial charge in [0.1, 0.15) is 6.10 Å². The highest BCUT2D eigenvalue weighted by Gasteiger charge is 2.71. The molecule has 2 aliphatic heterocycles. The molecule has 2 fully saturated rings. The standard InChI is InChI=1S/C19H24O3Si/c1-18-11-12-20-19(18,22-23(2,3)4)21-17(18)16-10-9-14-7-5-6-8-15(14)13-16/h5-10,13,17H,11-12H2,1-4H3/t17-,18-,19-/m1/s1. The average molecular weight is 328 g/mol. The summed E-state index contributed by atoms with van der Waals surface area (Å²) >= 11 is 0. The Morgan fingerprint density at radius 1 is 1.09 bits per heavy atom. The lowest BCUT2D eigenvalue weighted by Gasteiger charge is -2.58. The Morgan fingerprint density at radius 2 is 1.83 bits per heavy atom. The number of benzene rings is 2. The lowest BCUT2D eigenvalue weighted by atomic mass is 9.72. The summed E-state index contributed by atoms with van der Waals surface area (Å²) in [6.07, 6.45) is 1.00. The van der Waals surface area contributed by atoms with Gasteiger partial charge in [-0.3, -0.25) is 0 Å². The van der Waals surface area contributed by atoms with Crippen molar-refractivity contribution in [1.82, 2.24) is 0 Å². The van der Waals surface area contributed by atoms with E-state index in [9.17, 15) is 0 Å². The maximum Gasteiger partial charge on any atom is 0.282 e. The first-order valence-corrected chi connectivity index (χ1v) is 11.7. The zero-order chi connectivity index (χ0) is 16.3. The third-order valence-electron chi connectivity index (χ3n) is 4.98. The predicted octanol–water partition coefficient (Wildman–Crippen LogP) is 4.84. The minimum absolute atomic E-state index is 0.0333. The Labute approximate surface area is 138 Å². The van der Waals surface area contributed by atoms with Gasteiger partial charge in [-0.15, -0.1) is 0 Å². The van der Waals surface area contributed by atoms with Crippen molar-refractivity contribution in [1.29, 1.82) is 0 Å². The van der Waals surface area contributed by atoms with E-state index in [1.165, 1.54) is 16.3 Å². The quantitative estimate of drug-likeness (QED) is 0.754. The molecule has 0 radical (unpaired) electrons. The van der Waals surface area contributed by atoms with Crippen LogP contribution in [0, 0.1) is 5.41 Å². The van der Waals surface area contributed by atoms with Gasteiger partial charge in [-0.25, -0.2) is 0 Å². The molecule has 0 aromatic heterocycles. The molecule has 2 aromatic carbocycles. The van der Waals surface area contributed by atoms with Crippen molar-refractivity contribution >= 4 is 19.1 Å². The summed E-state index contributed by atoms with van der Waals surface area (Å²) in [5, 5.41) is 2.51. The molecule has 122 valence electrons. The summed E-state index contributed by atoms with van der Waals surface area (Å²) < 4.78 is 18.5. The van der Waals surface area contributed by atoms with Crippen molar-refractivity contribution in [2.45, 2.75) is 45.1 Å². The van der Waals surface area contributed by atoms with Crippen LogP contribution in [-0.4, -0.2) is 20.9 Å². The summed E-state index contributed by atoms with van der Waals surface area (Å²) in [4.78, 5) is 0. The number of rotatable bonds is 3. The molecule has 0 bridgehead atoms. The van der Waals surface area contributed by atoms with E-state index in [0.29, 0.717) is 6.61 Å². The Balaban J connectivity index is 1.68. The minimum Gasteiger partial charge on any atom is -0.369 e. The van der Waals surface area contributed by atoms with Crippen molar-refractivity contribution in [2.24, 2.45) is 5.41 Å². The molecule has 2 heterocycles. The topological polar surface area (TPSA) is 27.7 Å². The van der Waals surface area contributed by atoms with E-state index in [0.717, 1.165) is 6.42 Å². The highest BCUT2D eigenvalue weighted by Crippen LogP contribution is 2.65. The molecule has 0 N–H and O–H groups in total. The van der Waals surface area contributed by atoms with Gasteiger partial charge in [0.15, 0.2) is 8.32 Å². The van der Waals surface area contributed by atoms with E-state index in [-0.39, 0.29) is 11.5 Å². The van der Waals surface area contributed by atoms with Crippen LogP contribution in [0.1, 0.15) is 25.0 Å². The minimum atomic E-state index is -1.76. The van der Waals surface area contributed by atoms with E-state index in [4.69, 9.17) is 13.9 Å². The van der Waals surface area contributed by atoms with Crippen LogP contribution in [0.2, 0.25) is 19.6 Å². The fourth-order valence-corrected chi connectivity index (χ4v) is 4.93. The lowest BCUT2D eigenvalue weighted by Crippen LogP contribution is -2.65. The second-order valence-corrected chi connectivity index (χ2v) is 12.3. The van der Waals surface area contributed by atoms with Crippen LogP contribution in [0.5, 0.6) is 0 Å². The Morgan fingerprint density at radius 3 is 2.57 bits per heavy atom.